The van der Waals surface area contributed by atoms with E-state index in [1.54, 1.807) is 41.7 Å². The lowest BCUT2D eigenvalue weighted by Gasteiger charge is -2.07. The predicted molar refractivity (Wildman–Crippen MR) is 107 cm³/mol. The minimum absolute atomic E-state index is 0.209. The third-order valence-electron chi connectivity index (χ3n) is 4.01. The number of thiazole rings is 1. The van der Waals surface area contributed by atoms with Crippen molar-refractivity contribution in [3.8, 4) is 5.75 Å². The van der Waals surface area contributed by atoms with E-state index in [9.17, 15) is 4.79 Å². The molecule has 0 saturated heterocycles. The zero-order valence-corrected chi connectivity index (χ0v) is 15.5. The Morgan fingerprint density at radius 2 is 1.85 bits per heavy atom. The first-order chi connectivity index (χ1) is 13.2. The average molecular weight is 375 g/mol. The molecule has 0 fully saturated rings. The summed E-state index contributed by atoms with van der Waals surface area (Å²) in [7, 11) is 0. The van der Waals surface area contributed by atoms with Crippen molar-refractivity contribution in [3.05, 3.63) is 82.3 Å². The number of carbonyl (C=O) groups excluding carboxylic acids is 1. The number of pyridine rings is 1. The molecule has 6 heteroatoms. The van der Waals surface area contributed by atoms with Gasteiger partial charge in [-0.05, 0) is 49.4 Å². The summed E-state index contributed by atoms with van der Waals surface area (Å²) >= 11 is 1.60. The highest BCUT2D eigenvalue weighted by Gasteiger charge is 2.08. The van der Waals surface area contributed by atoms with Crippen LogP contribution in [-0.4, -0.2) is 15.9 Å². The molecule has 2 aromatic carbocycles. The maximum Gasteiger partial charge on any atom is 0.256 e. The standard InChI is InChI=1S/C21H17N3O2S/c1-14-22-17(13-27-14)12-26-18-9-6-16(7-10-18)21(25)24-20-11-8-15-4-2-3-5-19(15)23-20/h2-11,13H,12H2,1H3,(H,23,24,25). The Hall–Kier alpha value is -3.25. The quantitative estimate of drug-likeness (QED) is 0.543. The van der Waals surface area contributed by atoms with Crippen LogP contribution in [0.2, 0.25) is 0 Å². The van der Waals surface area contributed by atoms with Crippen LogP contribution in [0.3, 0.4) is 0 Å². The Morgan fingerprint density at radius 3 is 2.63 bits per heavy atom. The number of para-hydroxylation sites is 1. The highest BCUT2D eigenvalue weighted by atomic mass is 32.1. The molecule has 0 aliphatic heterocycles. The Labute approximate surface area is 160 Å². The summed E-state index contributed by atoms with van der Waals surface area (Å²) in [6.07, 6.45) is 0. The lowest BCUT2D eigenvalue weighted by atomic mass is 10.2. The maximum atomic E-state index is 12.4. The second-order valence-corrected chi connectivity index (χ2v) is 7.08. The highest BCUT2D eigenvalue weighted by molar-refractivity contribution is 7.09. The second kappa shape index (κ2) is 7.55. The number of aryl methyl sites for hydroxylation is 1. The molecule has 1 N–H and O–H groups in total. The molecule has 4 aromatic rings. The maximum absolute atomic E-state index is 12.4. The molecule has 27 heavy (non-hydrogen) atoms. The third kappa shape index (κ3) is 4.12. The number of rotatable bonds is 5. The van der Waals surface area contributed by atoms with E-state index in [0.29, 0.717) is 23.7 Å². The van der Waals surface area contributed by atoms with Crippen LogP contribution in [0.1, 0.15) is 21.1 Å². The SMILES string of the molecule is Cc1nc(COc2ccc(C(=O)Nc3ccc4ccccc4n3)cc2)cs1. The minimum Gasteiger partial charge on any atom is -0.487 e. The van der Waals surface area contributed by atoms with Crippen LogP contribution >= 0.6 is 11.3 Å². The Balaban J connectivity index is 1.40. The Kier molecular flexibility index (Phi) is 4.80. The van der Waals surface area contributed by atoms with Gasteiger partial charge in [0.25, 0.3) is 5.91 Å². The van der Waals surface area contributed by atoms with Gasteiger partial charge in [-0.25, -0.2) is 9.97 Å². The fourth-order valence-electron chi connectivity index (χ4n) is 2.66. The molecule has 0 bridgehead atoms. The topological polar surface area (TPSA) is 64.1 Å². The van der Waals surface area contributed by atoms with Crippen molar-refractivity contribution in [2.24, 2.45) is 0 Å². The number of fused-ring (bicyclic) bond motifs is 1. The van der Waals surface area contributed by atoms with Crippen molar-refractivity contribution in [1.82, 2.24) is 9.97 Å². The third-order valence-corrected chi connectivity index (χ3v) is 4.83. The molecule has 0 aliphatic rings. The van der Waals surface area contributed by atoms with Crippen molar-refractivity contribution >= 4 is 34.0 Å². The normalized spacial score (nSPS) is 10.7. The summed E-state index contributed by atoms with van der Waals surface area (Å²) in [4.78, 5) is 21.3. The van der Waals surface area contributed by atoms with Gasteiger partial charge in [0, 0.05) is 16.3 Å². The van der Waals surface area contributed by atoms with Gasteiger partial charge < -0.3 is 10.1 Å². The van der Waals surface area contributed by atoms with Gasteiger partial charge in [-0.2, -0.15) is 0 Å². The van der Waals surface area contributed by atoms with Crippen LogP contribution < -0.4 is 10.1 Å². The summed E-state index contributed by atoms with van der Waals surface area (Å²) < 4.78 is 5.71. The fourth-order valence-corrected chi connectivity index (χ4v) is 3.26. The molecule has 134 valence electrons. The molecular formula is C21H17N3O2S. The molecular weight excluding hydrogens is 358 g/mol. The molecule has 0 atom stereocenters. The first-order valence-electron chi connectivity index (χ1n) is 8.48. The van der Waals surface area contributed by atoms with Gasteiger partial charge in [0.1, 0.15) is 18.2 Å². The zero-order valence-electron chi connectivity index (χ0n) is 14.7. The van der Waals surface area contributed by atoms with Gasteiger partial charge >= 0.3 is 0 Å². The van der Waals surface area contributed by atoms with E-state index in [0.717, 1.165) is 21.6 Å². The monoisotopic (exact) mass is 375 g/mol. The highest BCUT2D eigenvalue weighted by Crippen LogP contribution is 2.18. The largest absolute Gasteiger partial charge is 0.487 e. The van der Waals surface area contributed by atoms with Gasteiger partial charge in [-0.15, -0.1) is 11.3 Å². The van der Waals surface area contributed by atoms with E-state index in [1.807, 2.05) is 42.6 Å². The van der Waals surface area contributed by atoms with Crippen molar-refractivity contribution in [2.45, 2.75) is 13.5 Å². The van der Waals surface area contributed by atoms with E-state index in [4.69, 9.17) is 4.74 Å². The number of nitrogens with zero attached hydrogens (tertiary/aromatic N) is 2. The molecule has 0 saturated carbocycles. The molecule has 0 spiro atoms. The van der Waals surface area contributed by atoms with Crippen molar-refractivity contribution in [2.75, 3.05) is 5.32 Å². The van der Waals surface area contributed by atoms with Crippen LogP contribution in [0, 0.1) is 6.92 Å². The zero-order chi connectivity index (χ0) is 18.6. The number of benzene rings is 2. The van der Waals surface area contributed by atoms with E-state index in [2.05, 4.69) is 15.3 Å². The van der Waals surface area contributed by atoms with E-state index < -0.39 is 0 Å². The first kappa shape index (κ1) is 17.2. The molecule has 2 heterocycles. The van der Waals surface area contributed by atoms with Gasteiger partial charge in [0.15, 0.2) is 0 Å². The first-order valence-corrected chi connectivity index (χ1v) is 9.36. The number of hydrogen-bond donors (Lipinski definition) is 1. The number of carbonyl (C=O) groups is 1. The lowest BCUT2D eigenvalue weighted by Crippen LogP contribution is -2.12. The molecule has 1 amide bonds. The molecule has 2 aromatic heterocycles. The van der Waals surface area contributed by atoms with Crippen molar-refractivity contribution in [3.63, 3.8) is 0 Å². The van der Waals surface area contributed by atoms with Gasteiger partial charge in [-0.3, -0.25) is 4.79 Å². The van der Waals surface area contributed by atoms with Gasteiger partial charge in [-0.1, -0.05) is 18.2 Å². The summed E-state index contributed by atoms with van der Waals surface area (Å²) in [6.45, 7) is 2.38. The Morgan fingerprint density at radius 1 is 1.04 bits per heavy atom. The van der Waals surface area contributed by atoms with Crippen LogP contribution in [-0.2, 0) is 6.61 Å². The molecule has 4 rings (SSSR count). The summed E-state index contributed by atoms with van der Waals surface area (Å²) in [5.41, 5.74) is 2.29. The molecule has 0 radical (unpaired) electrons. The summed E-state index contributed by atoms with van der Waals surface area (Å²) in [6, 6.07) is 18.6. The number of anilines is 1. The Bertz CT molecular complexity index is 1090. The predicted octanol–water partition coefficient (Wildman–Crippen LogP) is 4.83. The smallest absolute Gasteiger partial charge is 0.256 e. The number of nitrogens with one attached hydrogen (secondary N) is 1. The fraction of sp³-hybridized carbons (Fsp3) is 0.0952. The molecule has 0 unspecified atom stereocenters. The van der Waals surface area contributed by atoms with Crippen molar-refractivity contribution < 1.29 is 9.53 Å². The lowest BCUT2D eigenvalue weighted by molar-refractivity contribution is 0.102. The molecule has 5 nitrogen and oxygen atoms in total. The van der Waals surface area contributed by atoms with Crippen LogP contribution in [0.5, 0.6) is 5.75 Å². The number of amides is 1. The van der Waals surface area contributed by atoms with Gasteiger partial charge in [0.2, 0.25) is 0 Å². The van der Waals surface area contributed by atoms with Crippen LogP contribution in [0.25, 0.3) is 10.9 Å². The summed E-state index contributed by atoms with van der Waals surface area (Å²) in [5, 5.41) is 6.86. The second-order valence-electron chi connectivity index (χ2n) is 6.01. The van der Waals surface area contributed by atoms with Gasteiger partial charge in [0.05, 0.1) is 16.2 Å². The van der Waals surface area contributed by atoms with E-state index >= 15 is 0 Å². The average Bonchev–Trinajstić information content (AvgIpc) is 3.12. The van der Waals surface area contributed by atoms with E-state index in [-0.39, 0.29) is 5.91 Å². The van der Waals surface area contributed by atoms with Crippen LogP contribution in [0.4, 0.5) is 5.82 Å². The number of ether oxygens (including phenoxy) is 1. The minimum atomic E-state index is -0.209. The number of aromatic nitrogens is 2. The summed E-state index contributed by atoms with van der Waals surface area (Å²) in [5.74, 6) is 1.01. The number of hydrogen-bond acceptors (Lipinski definition) is 5. The van der Waals surface area contributed by atoms with Crippen molar-refractivity contribution in [1.29, 1.82) is 0 Å². The van der Waals surface area contributed by atoms with E-state index in [1.165, 1.54) is 0 Å². The molecule has 0 aliphatic carbocycles. The van der Waals surface area contributed by atoms with Crippen LogP contribution in [0.15, 0.2) is 66.0 Å².